The normalized spacial score (nSPS) is 13.5. The minimum absolute atomic E-state index is 0.223. The van der Waals surface area contributed by atoms with Crippen LogP contribution in [-0.4, -0.2) is 10.1 Å². The maximum absolute atomic E-state index is 12.6. The smallest absolute Gasteiger partial charge is 0.388 e. The molecule has 0 aliphatic rings. The van der Waals surface area contributed by atoms with Gasteiger partial charge in [-0.2, -0.15) is 13.2 Å². The zero-order chi connectivity index (χ0) is 14.9. The number of nitrogens with zero attached hydrogens (tertiary/aromatic N) is 1. The molecule has 108 valence electrons. The van der Waals surface area contributed by atoms with Gasteiger partial charge in [-0.3, -0.25) is 0 Å². The molecule has 0 saturated carbocycles. The molecule has 1 atom stereocenters. The molecule has 6 heteroatoms. The first-order chi connectivity index (χ1) is 9.27. The van der Waals surface area contributed by atoms with Gasteiger partial charge in [0.15, 0.2) is 0 Å². The number of benzene rings is 1. The summed E-state index contributed by atoms with van der Waals surface area (Å²) in [7, 11) is 0. The molecule has 1 unspecified atom stereocenters. The minimum atomic E-state index is -4.40. The van der Waals surface area contributed by atoms with E-state index in [1.54, 1.807) is 0 Å². The van der Waals surface area contributed by atoms with Crippen molar-refractivity contribution in [2.45, 2.75) is 32.5 Å². The second kappa shape index (κ2) is 5.54. The Hall–Kier alpha value is -1.40. The van der Waals surface area contributed by atoms with E-state index in [1.807, 2.05) is 13.8 Å². The van der Waals surface area contributed by atoms with Crippen LogP contribution in [0.5, 0.6) is 0 Å². The molecule has 0 spiro atoms. The molecular weight excluding hydrogens is 287 g/mol. The van der Waals surface area contributed by atoms with E-state index in [0.717, 1.165) is 27.7 Å². The quantitative estimate of drug-likeness (QED) is 0.927. The van der Waals surface area contributed by atoms with Crippen molar-refractivity contribution < 1.29 is 18.3 Å². The highest BCUT2D eigenvalue weighted by Gasteiger charge is 2.30. The zero-order valence-corrected chi connectivity index (χ0v) is 11.8. The fourth-order valence-electron chi connectivity index (χ4n) is 1.83. The van der Waals surface area contributed by atoms with Crippen LogP contribution in [-0.2, 0) is 12.6 Å². The minimum Gasteiger partial charge on any atom is -0.388 e. The number of hydrogen-bond donors (Lipinski definition) is 1. The molecule has 0 aliphatic carbocycles. The molecule has 2 nitrogen and oxygen atoms in total. The van der Waals surface area contributed by atoms with Gasteiger partial charge in [-0.1, -0.05) is 12.1 Å². The zero-order valence-electron chi connectivity index (χ0n) is 11.0. The summed E-state index contributed by atoms with van der Waals surface area (Å²) in [6.45, 7) is 3.79. The van der Waals surface area contributed by atoms with Crippen LogP contribution in [0.1, 0.15) is 32.8 Å². The Bertz CT molecular complexity index is 587. The lowest BCUT2D eigenvalue weighted by Gasteiger charge is -2.12. The molecule has 0 saturated heterocycles. The SMILES string of the molecule is Cc1nc(CC(O)c2cccc(C(F)(F)F)c2)sc1C. The third kappa shape index (κ3) is 3.37. The lowest BCUT2D eigenvalue weighted by atomic mass is 10.0. The highest BCUT2D eigenvalue weighted by Crippen LogP contribution is 2.31. The summed E-state index contributed by atoms with van der Waals surface area (Å²) in [6.07, 6.45) is -5.16. The number of aromatic nitrogens is 1. The van der Waals surface area contributed by atoms with Gasteiger partial charge < -0.3 is 5.11 Å². The number of aliphatic hydroxyl groups excluding tert-OH is 1. The summed E-state index contributed by atoms with van der Waals surface area (Å²) in [5.74, 6) is 0. The monoisotopic (exact) mass is 301 g/mol. The van der Waals surface area contributed by atoms with Gasteiger partial charge >= 0.3 is 6.18 Å². The van der Waals surface area contributed by atoms with Crippen molar-refractivity contribution in [1.82, 2.24) is 4.98 Å². The molecule has 2 rings (SSSR count). The summed E-state index contributed by atoms with van der Waals surface area (Å²) < 4.78 is 37.9. The number of thiazole rings is 1. The van der Waals surface area contributed by atoms with Crippen molar-refractivity contribution in [2.75, 3.05) is 0 Å². The van der Waals surface area contributed by atoms with Crippen LogP contribution in [0.25, 0.3) is 0 Å². The van der Waals surface area contributed by atoms with Crippen molar-refractivity contribution >= 4 is 11.3 Å². The Labute approximate surface area is 118 Å². The molecule has 2 aromatic rings. The van der Waals surface area contributed by atoms with E-state index in [0.29, 0.717) is 0 Å². The lowest BCUT2D eigenvalue weighted by Crippen LogP contribution is -2.08. The molecule has 20 heavy (non-hydrogen) atoms. The Morgan fingerprint density at radius 3 is 2.55 bits per heavy atom. The van der Waals surface area contributed by atoms with E-state index < -0.39 is 17.8 Å². The number of aliphatic hydroxyl groups is 1. The number of alkyl halides is 3. The summed E-state index contributed by atoms with van der Waals surface area (Å²) >= 11 is 1.45. The van der Waals surface area contributed by atoms with Gasteiger partial charge in [0.2, 0.25) is 0 Å². The number of aryl methyl sites for hydroxylation is 2. The highest BCUT2D eigenvalue weighted by molar-refractivity contribution is 7.11. The second-order valence-corrected chi connectivity index (χ2v) is 5.88. The first kappa shape index (κ1) is 15.0. The Kier molecular flexibility index (Phi) is 4.15. The maximum atomic E-state index is 12.6. The molecule has 1 heterocycles. The molecule has 0 aliphatic heterocycles. The van der Waals surface area contributed by atoms with Crippen molar-refractivity contribution in [1.29, 1.82) is 0 Å². The first-order valence-corrected chi connectivity index (χ1v) is 6.87. The predicted octanol–water partition coefficient (Wildman–Crippen LogP) is 4.05. The van der Waals surface area contributed by atoms with Gasteiger partial charge in [-0.25, -0.2) is 4.98 Å². The lowest BCUT2D eigenvalue weighted by molar-refractivity contribution is -0.137. The average Bonchev–Trinajstić information content (AvgIpc) is 2.67. The molecular formula is C14H14F3NOS. The number of rotatable bonds is 3. The third-order valence-corrected chi connectivity index (χ3v) is 4.13. The van der Waals surface area contributed by atoms with Gasteiger partial charge in [0.1, 0.15) is 0 Å². The van der Waals surface area contributed by atoms with Crippen LogP contribution in [0.3, 0.4) is 0 Å². The summed E-state index contributed by atoms with van der Waals surface area (Å²) in [4.78, 5) is 5.34. The van der Waals surface area contributed by atoms with Crippen molar-refractivity contribution in [3.05, 3.63) is 51.0 Å². The highest BCUT2D eigenvalue weighted by atomic mass is 32.1. The molecule has 1 aromatic carbocycles. The fourth-order valence-corrected chi connectivity index (χ4v) is 2.80. The van der Waals surface area contributed by atoms with Crippen molar-refractivity contribution in [3.8, 4) is 0 Å². The third-order valence-electron chi connectivity index (χ3n) is 3.04. The van der Waals surface area contributed by atoms with Crippen LogP contribution in [0.4, 0.5) is 13.2 Å². The number of hydrogen-bond acceptors (Lipinski definition) is 3. The van der Waals surface area contributed by atoms with E-state index >= 15 is 0 Å². The topological polar surface area (TPSA) is 33.1 Å². The predicted molar refractivity (Wildman–Crippen MR) is 71.7 cm³/mol. The Morgan fingerprint density at radius 1 is 1.30 bits per heavy atom. The van der Waals surface area contributed by atoms with Crippen LogP contribution in [0.2, 0.25) is 0 Å². The van der Waals surface area contributed by atoms with Crippen LogP contribution in [0.15, 0.2) is 24.3 Å². The average molecular weight is 301 g/mol. The second-order valence-electron chi connectivity index (χ2n) is 4.59. The molecule has 0 bridgehead atoms. The van der Waals surface area contributed by atoms with Crippen LogP contribution >= 0.6 is 11.3 Å². The van der Waals surface area contributed by atoms with Crippen molar-refractivity contribution in [2.24, 2.45) is 0 Å². The van der Waals surface area contributed by atoms with Gasteiger partial charge in [0.05, 0.1) is 22.4 Å². The van der Waals surface area contributed by atoms with Gasteiger partial charge in [-0.15, -0.1) is 11.3 Å². The largest absolute Gasteiger partial charge is 0.416 e. The van der Waals surface area contributed by atoms with Gasteiger partial charge in [0, 0.05) is 11.3 Å². The Morgan fingerprint density at radius 2 is 2.00 bits per heavy atom. The molecule has 0 amide bonds. The van der Waals surface area contributed by atoms with E-state index in [2.05, 4.69) is 4.98 Å². The van der Waals surface area contributed by atoms with Crippen LogP contribution in [0, 0.1) is 13.8 Å². The first-order valence-electron chi connectivity index (χ1n) is 6.05. The van der Waals surface area contributed by atoms with Gasteiger partial charge in [0.25, 0.3) is 0 Å². The molecule has 1 N–H and O–H groups in total. The van der Waals surface area contributed by atoms with Gasteiger partial charge in [-0.05, 0) is 31.5 Å². The van der Waals surface area contributed by atoms with E-state index in [4.69, 9.17) is 0 Å². The fraction of sp³-hybridized carbons (Fsp3) is 0.357. The van der Waals surface area contributed by atoms with Crippen molar-refractivity contribution in [3.63, 3.8) is 0 Å². The van der Waals surface area contributed by atoms with Crippen LogP contribution < -0.4 is 0 Å². The maximum Gasteiger partial charge on any atom is 0.416 e. The van der Waals surface area contributed by atoms with E-state index in [9.17, 15) is 18.3 Å². The molecule has 0 radical (unpaired) electrons. The summed E-state index contributed by atoms with van der Waals surface area (Å²) in [5.41, 5.74) is 0.395. The number of halogens is 3. The molecule has 0 fully saturated rings. The summed E-state index contributed by atoms with van der Waals surface area (Å²) in [6, 6.07) is 4.78. The standard InChI is InChI=1S/C14H14F3NOS/c1-8-9(2)20-13(18-8)7-12(19)10-4-3-5-11(6-10)14(15,16)17/h3-6,12,19H,7H2,1-2H3. The van der Waals surface area contributed by atoms with E-state index in [1.165, 1.54) is 23.5 Å². The summed E-state index contributed by atoms with van der Waals surface area (Å²) in [5, 5.41) is 10.8. The Balaban J connectivity index is 2.19. The molecule has 1 aromatic heterocycles. The van der Waals surface area contributed by atoms with E-state index in [-0.39, 0.29) is 12.0 Å².